The van der Waals surface area contributed by atoms with Crippen molar-refractivity contribution in [1.82, 2.24) is 4.90 Å². The van der Waals surface area contributed by atoms with E-state index in [1.165, 1.54) is 6.42 Å². The number of benzene rings is 1. The van der Waals surface area contributed by atoms with Crippen LogP contribution in [0.3, 0.4) is 0 Å². The van der Waals surface area contributed by atoms with Gasteiger partial charge in [0.1, 0.15) is 0 Å². The first-order valence-electron chi connectivity index (χ1n) is 6.10. The van der Waals surface area contributed by atoms with Crippen LogP contribution in [-0.4, -0.2) is 29.2 Å². The number of hydrogen-bond donors (Lipinski definition) is 2. The van der Waals surface area contributed by atoms with Crippen LogP contribution in [0.4, 0.5) is 10.1 Å². The molecule has 2 rings (SSSR count). The van der Waals surface area contributed by atoms with Gasteiger partial charge in [-0.1, -0.05) is 18.6 Å². The van der Waals surface area contributed by atoms with Crippen molar-refractivity contribution in [3.8, 4) is 0 Å². The summed E-state index contributed by atoms with van der Waals surface area (Å²) in [6.45, 7) is 1.24. The van der Waals surface area contributed by atoms with Crippen molar-refractivity contribution in [3.05, 3.63) is 29.6 Å². The predicted octanol–water partition coefficient (Wildman–Crippen LogP) is 1.75. The Hall–Kier alpha value is -1.13. The third-order valence-corrected chi connectivity index (χ3v) is 3.46. The summed E-state index contributed by atoms with van der Waals surface area (Å²) in [5.41, 5.74) is 6.36. The molecule has 1 aromatic rings. The Balaban J connectivity index is 2.08. The standard InChI is InChI=1S/C13H19FN2O/c14-13-10(3-1-6-12(13)15)9-16(7-8-17)11-4-2-5-11/h1,3,6,11,17H,2,4-5,7-9,15H2. The molecule has 1 aliphatic rings. The molecule has 1 fully saturated rings. The summed E-state index contributed by atoms with van der Waals surface area (Å²) < 4.78 is 13.8. The van der Waals surface area contributed by atoms with Gasteiger partial charge in [0.05, 0.1) is 12.3 Å². The van der Waals surface area contributed by atoms with Crippen LogP contribution in [0.25, 0.3) is 0 Å². The molecule has 1 aromatic carbocycles. The van der Waals surface area contributed by atoms with Gasteiger partial charge in [-0.05, 0) is 18.9 Å². The quantitative estimate of drug-likeness (QED) is 0.768. The van der Waals surface area contributed by atoms with Gasteiger partial charge in [-0.2, -0.15) is 0 Å². The summed E-state index contributed by atoms with van der Waals surface area (Å²) in [4.78, 5) is 2.14. The van der Waals surface area contributed by atoms with E-state index in [0.717, 1.165) is 12.8 Å². The van der Waals surface area contributed by atoms with Crippen molar-refractivity contribution in [1.29, 1.82) is 0 Å². The monoisotopic (exact) mass is 238 g/mol. The molecule has 1 aliphatic carbocycles. The van der Waals surface area contributed by atoms with Crippen LogP contribution in [0.1, 0.15) is 24.8 Å². The highest BCUT2D eigenvalue weighted by atomic mass is 19.1. The smallest absolute Gasteiger partial charge is 0.150 e. The number of halogens is 1. The van der Waals surface area contributed by atoms with Crippen molar-refractivity contribution >= 4 is 5.69 Å². The van der Waals surface area contributed by atoms with Crippen molar-refractivity contribution in [2.75, 3.05) is 18.9 Å². The summed E-state index contributed by atoms with van der Waals surface area (Å²) in [5, 5.41) is 9.05. The number of aliphatic hydroxyl groups is 1. The predicted molar refractivity (Wildman–Crippen MR) is 65.9 cm³/mol. The number of nitrogen functional groups attached to an aromatic ring is 1. The molecule has 0 amide bonds. The molecule has 3 N–H and O–H groups in total. The fraction of sp³-hybridized carbons (Fsp3) is 0.538. The maximum atomic E-state index is 13.8. The van der Waals surface area contributed by atoms with Crippen molar-refractivity contribution in [2.45, 2.75) is 31.8 Å². The van der Waals surface area contributed by atoms with Gasteiger partial charge >= 0.3 is 0 Å². The molecule has 1 saturated carbocycles. The zero-order valence-electron chi connectivity index (χ0n) is 9.90. The fourth-order valence-electron chi connectivity index (χ4n) is 2.21. The van der Waals surface area contributed by atoms with Gasteiger partial charge in [0, 0.05) is 24.7 Å². The maximum Gasteiger partial charge on any atom is 0.150 e. The second kappa shape index (κ2) is 5.47. The average molecular weight is 238 g/mol. The molecule has 94 valence electrons. The normalized spacial score (nSPS) is 16.2. The SMILES string of the molecule is Nc1cccc(CN(CCO)C2CCC2)c1F. The van der Waals surface area contributed by atoms with Crippen LogP contribution in [0.2, 0.25) is 0 Å². The van der Waals surface area contributed by atoms with E-state index in [-0.39, 0.29) is 18.1 Å². The summed E-state index contributed by atoms with van der Waals surface area (Å²) in [5.74, 6) is -0.324. The zero-order chi connectivity index (χ0) is 12.3. The zero-order valence-corrected chi connectivity index (χ0v) is 9.90. The van der Waals surface area contributed by atoms with Gasteiger partial charge in [0.25, 0.3) is 0 Å². The molecule has 0 radical (unpaired) electrons. The van der Waals surface area contributed by atoms with Crippen molar-refractivity contribution in [3.63, 3.8) is 0 Å². The lowest BCUT2D eigenvalue weighted by Crippen LogP contribution is -2.41. The Morgan fingerprint density at radius 2 is 2.18 bits per heavy atom. The largest absolute Gasteiger partial charge is 0.396 e. The van der Waals surface area contributed by atoms with Crippen LogP contribution in [-0.2, 0) is 6.54 Å². The maximum absolute atomic E-state index is 13.8. The second-order valence-electron chi connectivity index (χ2n) is 4.60. The summed E-state index contributed by atoms with van der Waals surface area (Å²) >= 11 is 0. The molecule has 0 atom stereocenters. The minimum atomic E-state index is -0.324. The van der Waals surface area contributed by atoms with Crippen molar-refractivity contribution < 1.29 is 9.50 Å². The minimum Gasteiger partial charge on any atom is -0.396 e. The molecule has 0 bridgehead atoms. The Morgan fingerprint density at radius 3 is 2.76 bits per heavy atom. The molecule has 3 nitrogen and oxygen atoms in total. The van der Waals surface area contributed by atoms with E-state index in [2.05, 4.69) is 4.90 Å². The van der Waals surface area contributed by atoms with Gasteiger partial charge < -0.3 is 10.8 Å². The van der Waals surface area contributed by atoms with Crippen LogP contribution >= 0.6 is 0 Å². The lowest BCUT2D eigenvalue weighted by molar-refractivity contribution is 0.0935. The van der Waals surface area contributed by atoms with E-state index in [1.807, 2.05) is 0 Å². The lowest BCUT2D eigenvalue weighted by atomic mass is 9.91. The number of nitrogens with two attached hydrogens (primary N) is 1. The first kappa shape index (κ1) is 12.3. The fourth-order valence-corrected chi connectivity index (χ4v) is 2.21. The van der Waals surface area contributed by atoms with Crippen LogP contribution < -0.4 is 5.73 Å². The molecule has 0 heterocycles. The van der Waals surface area contributed by atoms with Gasteiger partial charge in [-0.25, -0.2) is 4.39 Å². The van der Waals surface area contributed by atoms with Crippen LogP contribution in [0.5, 0.6) is 0 Å². The van der Waals surface area contributed by atoms with E-state index < -0.39 is 0 Å². The molecule has 0 saturated heterocycles. The molecule has 0 aromatic heterocycles. The van der Waals surface area contributed by atoms with E-state index in [9.17, 15) is 4.39 Å². The average Bonchev–Trinajstić information content (AvgIpc) is 2.22. The summed E-state index contributed by atoms with van der Waals surface area (Å²) in [6, 6.07) is 5.59. The molecular weight excluding hydrogens is 219 g/mol. The Labute approximate surface area is 101 Å². The summed E-state index contributed by atoms with van der Waals surface area (Å²) in [6.07, 6.45) is 3.51. The second-order valence-corrected chi connectivity index (χ2v) is 4.60. The van der Waals surface area contributed by atoms with Crippen LogP contribution in [0, 0.1) is 5.82 Å². The third kappa shape index (κ3) is 2.76. The first-order chi connectivity index (χ1) is 8.22. The van der Waals surface area contributed by atoms with Gasteiger partial charge in [0.2, 0.25) is 0 Å². The molecule has 17 heavy (non-hydrogen) atoms. The number of anilines is 1. The topological polar surface area (TPSA) is 49.5 Å². The molecule has 0 unspecified atom stereocenters. The number of aliphatic hydroxyl groups excluding tert-OH is 1. The van der Waals surface area contributed by atoms with E-state index in [0.29, 0.717) is 24.7 Å². The highest BCUT2D eigenvalue weighted by molar-refractivity contribution is 5.42. The van der Waals surface area contributed by atoms with Crippen LogP contribution in [0.15, 0.2) is 18.2 Å². The highest BCUT2D eigenvalue weighted by Gasteiger charge is 2.25. The Morgan fingerprint density at radius 1 is 1.41 bits per heavy atom. The first-order valence-corrected chi connectivity index (χ1v) is 6.10. The van der Waals surface area contributed by atoms with Gasteiger partial charge in [-0.3, -0.25) is 4.90 Å². The van der Waals surface area contributed by atoms with Crippen molar-refractivity contribution in [2.24, 2.45) is 0 Å². The number of nitrogens with zero attached hydrogens (tertiary/aromatic N) is 1. The molecule has 4 heteroatoms. The Kier molecular flexibility index (Phi) is 3.97. The number of rotatable bonds is 5. The highest BCUT2D eigenvalue weighted by Crippen LogP contribution is 2.27. The van der Waals surface area contributed by atoms with E-state index in [1.54, 1.807) is 18.2 Å². The summed E-state index contributed by atoms with van der Waals surface area (Å²) in [7, 11) is 0. The third-order valence-electron chi connectivity index (χ3n) is 3.46. The van der Waals surface area contributed by atoms with E-state index >= 15 is 0 Å². The van der Waals surface area contributed by atoms with Gasteiger partial charge in [0.15, 0.2) is 5.82 Å². The van der Waals surface area contributed by atoms with E-state index in [4.69, 9.17) is 10.8 Å². The number of hydrogen-bond acceptors (Lipinski definition) is 3. The molecule has 0 aliphatic heterocycles. The van der Waals surface area contributed by atoms with Gasteiger partial charge in [-0.15, -0.1) is 0 Å². The Bertz CT molecular complexity index is 380. The molecule has 0 spiro atoms. The minimum absolute atomic E-state index is 0.112. The lowest BCUT2D eigenvalue weighted by Gasteiger charge is -2.37. The molecular formula is C13H19FN2O.